The molecule has 0 bridgehead atoms. The van der Waals surface area contributed by atoms with Gasteiger partial charge in [0.1, 0.15) is 6.04 Å². The molecule has 7 nitrogen and oxygen atoms in total. The zero-order chi connectivity index (χ0) is 14.8. The molecule has 0 spiro atoms. The Balaban J connectivity index is 1.75. The Morgan fingerprint density at radius 1 is 1.33 bits per heavy atom. The van der Waals surface area contributed by atoms with E-state index >= 15 is 0 Å². The molecule has 1 fully saturated rings. The summed E-state index contributed by atoms with van der Waals surface area (Å²) < 4.78 is 0. The van der Waals surface area contributed by atoms with Crippen LogP contribution in [0.4, 0.5) is 0 Å². The molecule has 2 heterocycles. The predicted octanol–water partition coefficient (Wildman–Crippen LogP) is -0.551. The van der Waals surface area contributed by atoms with Crippen LogP contribution in [-0.2, 0) is 17.6 Å². The highest BCUT2D eigenvalue weighted by atomic mass is 16.2. The largest absolute Gasteiger partial charge is 0.358 e. The van der Waals surface area contributed by atoms with E-state index in [1.807, 2.05) is 0 Å². The standard InChI is InChI=1S/C14H21N5O2/c1-15-13(20)11-8-19(7-6-16-11)14(21)12-9-4-2-3-5-10(9)17-18-12/h11,16H,2-8H2,1H3,(H,15,20)(H,17,18)/t11-/m0/s1. The zero-order valence-electron chi connectivity index (χ0n) is 12.2. The van der Waals surface area contributed by atoms with E-state index in [2.05, 4.69) is 20.8 Å². The second-order valence-electron chi connectivity index (χ2n) is 5.61. The van der Waals surface area contributed by atoms with E-state index in [9.17, 15) is 9.59 Å². The number of aryl methyl sites for hydroxylation is 1. The topological polar surface area (TPSA) is 90.1 Å². The van der Waals surface area contributed by atoms with E-state index < -0.39 is 0 Å². The van der Waals surface area contributed by atoms with E-state index in [0.717, 1.165) is 36.9 Å². The lowest BCUT2D eigenvalue weighted by molar-refractivity contribution is -0.123. The average Bonchev–Trinajstić information content (AvgIpc) is 2.97. The number of hydrogen-bond acceptors (Lipinski definition) is 4. The van der Waals surface area contributed by atoms with Crippen molar-refractivity contribution in [2.75, 3.05) is 26.7 Å². The molecule has 0 radical (unpaired) electrons. The third-order valence-corrected chi connectivity index (χ3v) is 4.28. The minimum Gasteiger partial charge on any atom is -0.358 e. The van der Waals surface area contributed by atoms with Gasteiger partial charge in [0.2, 0.25) is 5.91 Å². The summed E-state index contributed by atoms with van der Waals surface area (Å²) in [5.74, 6) is -0.152. The van der Waals surface area contributed by atoms with E-state index in [-0.39, 0.29) is 17.9 Å². The monoisotopic (exact) mass is 291 g/mol. The van der Waals surface area contributed by atoms with Crippen molar-refractivity contribution >= 4 is 11.8 Å². The number of H-pyrrole nitrogens is 1. The number of carbonyl (C=O) groups excluding carboxylic acids is 2. The molecule has 1 aliphatic heterocycles. The van der Waals surface area contributed by atoms with Crippen molar-refractivity contribution in [2.45, 2.75) is 31.7 Å². The molecule has 1 aromatic heterocycles. The molecule has 21 heavy (non-hydrogen) atoms. The number of amides is 2. The number of likely N-dealkylation sites (N-methyl/N-ethyl adjacent to an activating group) is 1. The van der Waals surface area contributed by atoms with Crippen molar-refractivity contribution < 1.29 is 9.59 Å². The quantitative estimate of drug-likeness (QED) is 0.682. The second kappa shape index (κ2) is 5.85. The smallest absolute Gasteiger partial charge is 0.274 e. The van der Waals surface area contributed by atoms with Crippen LogP contribution in [0.25, 0.3) is 0 Å². The van der Waals surface area contributed by atoms with Crippen LogP contribution in [0.3, 0.4) is 0 Å². The Morgan fingerprint density at radius 3 is 2.95 bits per heavy atom. The average molecular weight is 291 g/mol. The minimum atomic E-state index is -0.345. The number of hydrogen-bond donors (Lipinski definition) is 3. The van der Waals surface area contributed by atoms with Crippen LogP contribution in [0.2, 0.25) is 0 Å². The van der Waals surface area contributed by atoms with Crippen LogP contribution in [0.5, 0.6) is 0 Å². The summed E-state index contributed by atoms with van der Waals surface area (Å²) in [7, 11) is 1.61. The highest BCUT2D eigenvalue weighted by Crippen LogP contribution is 2.23. The molecule has 0 unspecified atom stereocenters. The molecule has 3 rings (SSSR count). The number of aromatic nitrogens is 2. The van der Waals surface area contributed by atoms with Crippen LogP contribution < -0.4 is 10.6 Å². The third-order valence-electron chi connectivity index (χ3n) is 4.28. The Bertz CT molecular complexity index is 554. The Kier molecular flexibility index (Phi) is 3.92. The first-order chi connectivity index (χ1) is 10.2. The maximum atomic E-state index is 12.7. The highest BCUT2D eigenvalue weighted by molar-refractivity contribution is 5.95. The number of fused-ring (bicyclic) bond motifs is 1. The van der Waals surface area contributed by atoms with Gasteiger partial charge in [-0.15, -0.1) is 0 Å². The Hall–Kier alpha value is -1.89. The number of piperazine rings is 1. The number of rotatable bonds is 2. The molecule has 1 aromatic rings. The van der Waals surface area contributed by atoms with Crippen LogP contribution in [0, 0.1) is 0 Å². The fourth-order valence-corrected chi connectivity index (χ4v) is 3.09. The summed E-state index contributed by atoms with van der Waals surface area (Å²) in [6, 6.07) is -0.345. The molecular weight excluding hydrogens is 270 g/mol. The molecule has 1 saturated heterocycles. The van der Waals surface area contributed by atoms with E-state index in [1.165, 1.54) is 0 Å². The maximum absolute atomic E-state index is 12.7. The molecule has 1 aliphatic carbocycles. The molecule has 2 amide bonds. The summed E-state index contributed by atoms with van der Waals surface area (Å²) in [6.07, 6.45) is 4.14. The van der Waals surface area contributed by atoms with Gasteiger partial charge < -0.3 is 15.5 Å². The highest BCUT2D eigenvalue weighted by Gasteiger charge is 2.31. The molecule has 7 heteroatoms. The van der Waals surface area contributed by atoms with Gasteiger partial charge in [-0.1, -0.05) is 0 Å². The van der Waals surface area contributed by atoms with Gasteiger partial charge in [-0.3, -0.25) is 14.7 Å². The summed E-state index contributed by atoms with van der Waals surface area (Å²) in [5, 5.41) is 13.0. The molecular formula is C14H21N5O2. The lowest BCUT2D eigenvalue weighted by atomic mass is 9.95. The molecule has 0 aromatic carbocycles. The molecule has 2 aliphatic rings. The molecule has 114 valence electrons. The van der Waals surface area contributed by atoms with E-state index in [1.54, 1.807) is 11.9 Å². The summed E-state index contributed by atoms with van der Waals surface area (Å²) in [4.78, 5) is 26.1. The molecule has 3 N–H and O–H groups in total. The van der Waals surface area contributed by atoms with Gasteiger partial charge in [-0.2, -0.15) is 5.10 Å². The number of carbonyl (C=O) groups is 2. The minimum absolute atomic E-state index is 0.0650. The van der Waals surface area contributed by atoms with Crippen molar-refractivity contribution in [2.24, 2.45) is 0 Å². The first kappa shape index (κ1) is 14.1. The fraction of sp³-hybridized carbons (Fsp3) is 0.643. The SMILES string of the molecule is CNC(=O)[C@@H]1CN(C(=O)c2n[nH]c3c2CCCC3)CCN1. The Labute approximate surface area is 123 Å². The van der Waals surface area contributed by atoms with Gasteiger partial charge in [-0.25, -0.2) is 0 Å². The van der Waals surface area contributed by atoms with Crippen molar-refractivity contribution in [3.8, 4) is 0 Å². The van der Waals surface area contributed by atoms with Crippen molar-refractivity contribution in [1.29, 1.82) is 0 Å². The van der Waals surface area contributed by atoms with Gasteiger partial charge in [0.05, 0.1) is 0 Å². The van der Waals surface area contributed by atoms with Crippen molar-refractivity contribution in [3.63, 3.8) is 0 Å². The van der Waals surface area contributed by atoms with Gasteiger partial charge >= 0.3 is 0 Å². The second-order valence-corrected chi connectivity index (χ2v) is 5.61. The van der Waals surface area contributed by atoms with Crippen molar-refractivity contribution in [3.05, 3.63) is 17.0 Å². The summed E-state index contributed by atoms with van der Waals surface area (Å²) in [6.45, 7) is 1.62. The lowest BCUT2D eigenvalue weighted by Crippen LogP contribution is -2.58. The third kappa shape index (κ3) is 2.65. The van der Waals surface area contributed by atoms with Crippen molar-refractivity contribution in [1.82, 2.24) is 25.7 Å². The van der Waals surface area contributed by atoms with E-state index in [4.69, 9.17) is 0 Å². The first-order valence-electron chi connectivity index (χ1n) is 7.51. The van der Waals surface area contributed by atoms with Gasteiger partial charge in [0.15, 0.2) is 5.69 Å². The molecule has 0 saturated carbocycles. The summed E-state index contributed by atoms with van der Waals surface area (Å²) in [5.41, 5.74) is 2.71. The van der Waals surface area contributed by atoms with Crippen LogP contribution in [0.15, 0.2) is 0 Å². The lowest BCUT2D eigenvalue weighted by Gasteiger charge is -2.32. The first-order valence-corrected chi connectivity index (χ1v) is 7.51. The van der Waals surface area contributed by atoms with Crippen LogP contribution in [-0.4, -0.2) is 59.6 Å². The fourth-order valence-electron chi connectivity index (χ4n) is 3.09. The van der Waals surface area contributed by atoms with Gasteiger partial charge in [0.25, 0.3) is 5.91 Å². The molecule has 1 atom stereocenters. The summed E-state index contributed by atoms with van der Waals surface area (Å²) >= 11 is 0. The zero-order valence-corrected chi connectivity index (χ0v) is 12.2. The van der Waals surface area contributed by atoms with Crippen LogP contribution >= 0.6 is 0 Å². The number of nitrogens with one attached hydrogen (secondary N) is 3. The van der Waals surface area contributed by atoms with Gasteiger partial charge in [-0.05, 0) is 25.7 Å². The predicted molar refractivity (Wildman–Crippen MR) is 77.0 cm³/mol. The number of nitrogens with zero attached hydrogens (tertiary/aromatic N) is 2. The maximum Gasteiger partial charge on any atom is 0.274 e. The Morgan fingerprint density at radius 2 is 2.14 bits per heavy atom. The number of aromatic amines is 1. The normalized spacial score (nSPS) is 21.8. The van der Waals surface area contributed by atoms with Crippen LogP contribution in [0.1, 0.15) is 34.6 Å². The van der Waals surface area contributed by atoms with Gasteiger partial charge in [0, 0.05) is 37.9 Å². The van der Waals surface area contributed by atoms with E-state index in [0.29, 0.717) is 25.3 Å².